The Morgan fingerprint density at radius 1 is 1.64 bits per heavy atom. The Kier molecular flexibility index (Phi) is 6.03. The van der Waals surface area contributed by atoms with Crippen molar-refractivity contribution in [2.75, 3.05) is 5.75 Å². The van der Waals surface area contributed by atoms with E-state index in [4.69, 9.17) is 5.11 Å². The molecule has 0 rings (SSSR count). The number of carboxylic acid groups (broad SMARTS) is 1. The van der Waals surface area contributed by atoms with Crippen LogP contribution in [0.2, 0.25) is 0 Å². The number of nitrogens with one attached hydrogen (secondary N) is 1. The molecule has 0 aromatic carbocycles. The van der Waals surface area contributed by atoms with Crippen molar-refractivity contribution < 1.29 is 14.7 Å². The summed E-state index contributed by atoms with van der Waals surface area (Å²) < 4.78 is 0. The maximum atomic E-state index is 10.7. The van der Waals surface area contributed by atoms with Crippen LogP contribution in [0.3, 0.4) is 0 Å². The first-order valence-corrected chi connectivity index (χ1v) is 5.26. The molecule has 0 aliphatic rings. The third-order valence-electron chi connectivity index (χ3n) is 1.53. The van der Waals surface area contributed by atoms with Crippen LogP contribution in [-0.4, -0.2) is 34.0 Å². The number of thioether (sulfide) groups is 1. The van der Waals surface area contributed by atoms with Crippen LogP contribution in [-0.2, 0) is 9.59 Å². The van der Waals surface area contributed by atoms with Gasteiger partial charge in [0, 0.05) is 17.9 Å². The van der Waals surface area contributed by atoms with Gasteiger partial charge in [-0.3, -0.25) is 4.79 Å². The fourth-order valence-electron chi connectivity index (χ4n) is 0.736. The minimum atomic E-state index is -1.01. The largest absolute Gasteiger partial charge is 0.480 e. The summed E-state index contributed by atoms with van der Waals surface area (Å²) in [7, 11) is 0. The van der Waals surface area contributed by atoms with Crippen LogP contribution < -0.4 is 5.32 Å². The zero-order valence-corrected chi connectivity index (χ0v) is 9.13. The SMILES string of the molecule is C=CC(C)SC[C@H](NC(C)=O)C(=O)O. The van der Waals surface area contributed by atoms with Crippen LogP contribution in [0.5, 0.6) is 0 Å². The van der Waals surface area contributed by atoms with E-state index in [9.17, 15) is 9.59 Å². The Morgan fingerprint density at radius 3 is 2.57 bits per heavy atom. The lowest BCUT2D eigenvalue weighted by Gasteiger charge is -2.14. The molecule has 2 atom stereocenters. The van der Waals surface area contributed by atoms with Crippen molar-refractivity contribution in [3.63, 3.8) is 0 Å². The van der Waals surface area contributed by atoms with E-state index in [1.54, 1.807) is 6.08 Å². The monoisotopic (exact) mass is 217 g/mol. The number of aliphatic carboxylic acids is 1. The summed E-state index contributed by atoms with van der Waals surface area (Å²) >= 11 is 1.44. The second-order valence-corrected chi connectivity index (χ2v) is 4.28. The lowest BCUT2D eigenvalue weighted by Crippen LogP contribution is -2.41. The zero-order valence-electron chi connectivity index (χ0n) is 8.32. The molecule has 0 heterocycles. The molecular formula is C9H15NO3S. The van der Waals surface area contributed by atoms with Gasteiger partial charge in [0.25, 0.3) is 0 Å². The first-order valence-electron chi connectivity index (χ1n) is 4.21. The van der Waals surface area contributed by atoms with E-state index in [-0.39, 0.29) is 11.2 Å². The van der Waals surface area contributed by atoms with E-state index in [1.807, 2.05) is 6.92 Å². The number of rotatable bonds is 6. The minimum Gasteiger partial charge on any atom is -0.480 e. The summed E-state index contributed by atoms with van der Waals surface area (Å²) in [6.45, 7) is 6.81. The van der Waals surface area contributed by atoms with E-state index in [2.05, 4.69) is 11.9 Å². The molecule has 0 bridgehead atoms. The molecule has 14 heavy (non-hydrogen) atoms. The molecule has 0 fully saturated rings. The summed E-state index contributed by atoms with van der Waals surface area (Å²) in [6.07, 6.45) is 1.73. The van der Waals surface area contributed by atoms with Crippen molar-refractivity contribution >= 4 is 23.6 Å². The molecule has 80 valence electrons. The van der Waals surface area contributed by atoms with Crippen molar-refractivity contribution in [1.29, 1.82) is 0 Å². The Bertz CT molecular complexity index is 230. The van der Waals surface area contributed by atoms with E-state index < -0.39 is 12.0 Å². The molecule has 0 spiro atoms. The third-order valence-corrected chi connectivity index (χ3v) is 2.78. The van der Waals surface area contributed by atoms with Crippen LogP contribution in [0.25, 0.3) is 0 Å². The third kappa shape index (κ3) is 5.64. The van der Waals surface area contributed by atoms with Gasteiger partial charge in [-0.1, -0.05) is 6.08 Å². The van der Waals surface area contributed by atoms with Crippen molar-refractivity contribution in [2.45, 2.75) is 25.1 Å². The zero-order chi connectivity index (χ0) is 11.1. The number of carbonyl (C=O) groups is 2. The molecule has 0 radical (unpaired) electrons. The molecular weight excluding hydrogens is 202 g/mol. The Labute approximate surface area is 87.8 Å². The number of carbonyl (C=O) groups excluding carboxylic acids is 1. The van der Waals surface area contributed by atoms with Crippen molar-refractivity contribution in [2.24, 2.45) is 0 Å². The average Bonchev–Trinajstić information content (AvgIpc) is 2.10. The predicted molar refractivity (Wildman–Crippen MR) is 57.4 cm³/mol. The topological polar surface area (TPSA) is 66.4 Å². The fraction of sp³-hybridized carbons (Fsp3) is 0.556. The highest BCUT2D eigenvalue weighted by atomic mass is 32.2. The molecule has 1 amide bonds. The van der Waals surface area contributed by atoms with Gasteiger partial charge in [0.1, 0.15) is 6.04 Å². The first kappa shape index (κ1) is 13.0. The number of hydrogen-bond donors (Lipinski definition) is 2. The quantitative estimate of drug-likeness (QED) is 0.648. The minimum absolute atomic E-state index is 0.186. The van der Waals surface area contributed by atoms with Crippen molar-refractivity contribution in [3.05, 3.63) is 12.7 Å². The lowest BCUT2D eigenvalue weighted by atomic mass is 10.3. The second-order valence-electron chi connectivity index (χ2n) is 2.87. The molecule has 0 aromatic rings. The molecule has 2 N–H and O–H groups in total. The van der Waals surface area contributed by atoms with Crippen LogP contribution in [0.1, 0.15) is 13.8 Å². The molecule has 4 nitrogen and oxygen atoms in total. The van der Waals surface area contributed by atoms with Gasteiger partial charge in [-0.05, 0) is 6.92 Å². The molecule has 0 aliphatic heterocycles. The van der Waals surface area contributed by atoms with Gasteiger partial charge in [-0.25, -0.2) is 4.79 Å². The molecule has 0 saturated carbocycles. The Balaban J connectivity index is 4.03. The van der Waals surface area contributed by atoms with Gasteiger partial charge in [-0.15, -0.1) is 6.58 Å². The lowest BCUT2D eigenvalue weighted by molar-refractivity contribution is -0.140. The highest BCUT2D eigenvalue weighted by Crippen LogP contribution is 2.12. The van der Waals surface area contributed by atoms with Gasteiger partial charge in [0.05, 0.1) is 0 Å². The molecule has 1 unspecified atom stereocenters. The summed E-state index contributed by atoms with van der Waals surface area (Å²) in [6, 6.07) is -0.820. The first-order chi connectivity index (χ1) is 6.47. The van der Waals surface area contributed by atoms with Crippen LogP contribution >= 0.6 is 11.8 Å². The smallest absolute Gasteiger partial charge is 0.327 e. The summed E-state index contributed by atoms with van der Waals surface area (Å²) in [5.41, 5.74) is 0. The van der Waals surface area contributed by atoms with E-state index >= 15 is 0 Å². The molecule has 5 heteroatoms. The average molecular weight is 217 g/mol. The number of hydrogen-bond acceptors (Lipinski definition) is 3. The maximum Gasteiger partial charge on any atom is 0.327 e. The molecule has 0 aliphatic carbocycles. The normalized spacial score (nSPS) is 14.1. The summed E-state index contributed by atoms with van der Waals surface area (Å²) in [4.78, 5) is 21.4. The Hall–Kier alpha value is -0.970. The van der Waals surface area contributed by atoms with Gasteiger partial charge in [0.2, 0.25) is 5.91 Å². The van der Waals surface area contributed by atoms with Gasteiger partial charge >= 0.3 is 5.97 Å². The summed E-state index contributed by atoms with van der Waals surface area (Å²) in [5.74, 6) is -0.990. The van der Waals surface area contributed by atoms with Crippen molar-refractivity contribution in [3.8, 4) is 0 Å². The van der Waals surface area contributed by atoms with E-state index in [1.165, 1.54) is 18.7 Å². The van der Waals surface area contributed by atoms with Crippen molar-refractivity contribution in [1.82, 2.24) is 5.32 Å². The van der Waals surface area contributed by atoms with Gasteiger partial charge in [-0.2, -0.15) is 11.8 Å². The van der Waals surface area contributed by atoms with Crippen LogP contribution in [0.15, 0.2) is 12.7 Å². The number of amides is 1. The number of carboxylic acids is 1. The van der Waals surface area contributed by atoms with Gasteiger partial charge in [0.15, 0.2) is 0 Å². The Morgan fingerprint density at radius 2 is 2.21 bits per heavy atom. The fourth-order valence-corrected chi connectivity index (χ4v) is 1.59. The predicted octanol–water partition coefficient (Wildman–Crippen LogP) is 0.883. The summed E-state index contributed by atoms with van der Waals surface area (Å²) in [5, 5.41) is 11.3. The molecule has 0 aromatic heterocycles. The van der Waals surface area contributed by atoms with E-state index in [0.29, 0.717) is 5.75 Å². The van der Waals surface area contributed by atoms with Crippen LogP contribution in [0, 0.1) is 0 Å². The standard InChI is InChI=1S/C9H15NO3S/c1-4-6(2)14-5-8(9(12)13)10-7(3)11/h4,6,8H,1,5H2,2-3H3,(H,10,11)(H,12,13)/t6?,8-/m0/s1. The molecule has 0 saturated heterocycles. The van der Waals surface area contributed by atoms with E-state index in [0.717, 1.165) is 0 Å². The highest BCUT2D eigenvalue weighted by molar-refractivity contribution is 8.00. The van der Waals surface area contributed by atoms with Crippen LogP contribution in [0.4, 0.5) is 0 Å². The maximum absolute atomic E-state index is 10.7. The van der Waals surface area contributed by atoms with Gasteiger partial charge < -0.3 is 10.4 Å². The highest BCUT2D eigenvalue weighted by Gasteiger charge is 2.18. The second kappa shape index (κ2) is 6.48.